The number of rotatable bonds is 6. The van der Waals surface area contributed by atoms with E-state index in [4.69, 9.17) is 18.9 Å². The second-order valence-electron chi connectivity index (χ2n) is 6.78. The third-order valence-electron chi connectivity index (χ3n) is 4.87. The molecule has 4 rings (SSSR count). The summed E-state index contributed by atoms with van der Waals surface area (Å²) in [5.74, 6) is 3.70. The van der Waals surface area contributed by atoms with Gasteiger partial charge < -0.3 is 18.9 Å². The van der Waals surface area contributed by atoms with Crippen molar-refractivity contribution in [3.8, 4) is 17.2 Å². The van der Waals surface area contributed by atoms with Crippen molar-refractivity contribution >= 4 is 23.7 Å². The summed E-state index contributed by atoms with van der Waals surface area (Å²) in [4.78, 5) is 0. The molecule has 0 spiro atoms. The van der Waals surface area contributed by atoms with Crippen LogP contribution in [0.5, 0.6) is 17.2 Å². The van der Waals surface area contributed by atoms with Crippen molar-refractivity contribution in [3.05, 3.63) is 89.0 Å². The summed E-state index contributed by atoms with van der Waals surface area (Å²) >= 11 is 0. The Labute approximate surface area is 177 Å². The van der Waals surface area contributed by atoms with E-state index in [-0.39, 0.29) is 0 Å². The first-order valence-electron chi connectivity index (χ1n) is 9.87. The Morgan fingerprint density at radius 2 is 1.57 bits per heavy atom. The van der Waals surface area contributed by atoms with Crippen molar-refractivity contribution in [2.75, 3.05) is 20.8 Å². The summed E-state index contributed by atoms with van der Waals surface area (Å²) in [6, 6.07) is 21.9. The highest BCUT2D eigenvalue weighted by Crippen LogP contribution is 2.41. The maximum atomic E-state index is 6.36. The van der Waals surface area contributed by atoms with Gasteiger partial charge >= 0.3 is 0 Å². The van der Waals surface area contributed by atoms with Gasteiger partial charge in [0.2, 0.25) is 0 Å². The number of methoxy groups -OCH3 is 2. The van der Waals surface area contributed by atoms with E-state index in [0.717, 1.165) is 39.5 Å². The molecule has 3 aromatic carbocycles. The van der Waals surface area contributed by atoms with Crippen LogP contribution in [0, 0.1) is 0 Å². The van der Waals surface area contributed by atoms with Crippen LogP contribution in [0.1, 0.15) is 29.2 Å². The lowest BCUT2D eigenvalue weighted by molar-refractivity contribution is 0.340. The average Bonchev–Trinajstić information content (AvgIpc) is 2.79. The third-order valence-corrected chi connectivity index (χ3v) is 4.87. The Morgan fingerprint density at radius 1 is 0.867 bits per heavy atom. The zero-order valence-corrected chi connectivity index (χ0v) is 17.3. The van der Waals surface area contributed by atoms with Crippen molar-refractivity contribution in [2.45, 2.75) is 6.92 Å². The second kappa shape index (κ2) is 8.78. The van der Waals surface area contributed by atoms with E-state index in [1.54, 1.807) is 14.2 Å². The van der Waals surface area contributed by atoms with Crippen LogP contribution in [-0.4, -0.2) is 20.8 Å². The van der Waals surface area contributed by atoms with Crippen molar-refractivity contribution < 1.29 is 18.9 Å². The lowest BCUT2D eigenvalue weighted by atomic mass is 9.98. The molecule has 1 aliphatic heterocycles. The SMILES string of the molecule is CCOc1ccc(C2=Cc3cc(OC)c(OC)cc3/C(=C/c3ccccc3)O2)cc1. The van der Waals surface area contributed by atoms with Crippen LogP contribution in [0.2, 0.25) is 0 Å². The van der Waals surface area contributed by atoms with Gasteiger partial charge in [-0.25, -0.2) is 0 Å². The highest BCUT2D eigenvalue weighted by molar-refractivity contribution is 5.94. The van der Waals surface area contributed by atoms with Gasteiger partial charge in [-0.3, -0.25) is 0 Å². The van der Waals surface area contributed by atoms with Gasteiger partial charge in [0.1, 0.15) is 17.3 Å². The Morgan fingerprint density at radius 3 is 2.23 bits per heavy atom. The minimum atomic E-state index is 0.636. The molecule has 0 N–H and O–H groups in total. The van der Waals surface area contributed by atoms with Crippen LogP contribution in [0.3, 0.4) is 0 Å². The van der Waals surface area contributed by atoms with E-state index in [1.165, 1.54) is 0 Å². The topological polar surface area (TPSA) is 36.9 Å². The maximum Gasteiger partial charge on any atom is 0.161 e. The molecule has 0 unspecified atom stereocenters. The van der Waals surface area contributed by atoms with Crippen LogP contribution in [0.4, 0.5) is 0 Å². The summed E-state index contributed by atoms with van der Waals surface area (Å²) in [5.41, 5.74) is 3.98. The predicted octanol–water partition coefficient (Wildman–Crippen LogP) is 6.13. The van der Waals surface area contributed by atoms with E-state index in [2.05, 4.69) is 0 Å². The van der Waals surface area contributed by atoms with Crippen molar-refractivity contribution in [1.29, 1.82) is 0 Å². The first-order valence-corrected chi connectivity index (χ1v) is 9.87. The number of fused-ring (bicyclic) bond motifs is 1. The molecule has 1 heterocycles. The molecule has 1 aliphatic rings. The molecule has 0 aromatic heterocycles. The van der Waals surface area contributed by atoms with Gasteiger partial charge in [0.25, 0.3) is 0 Å². The van der Waals surface area contributed by atoms with Crippen LogP contribution in [-0.2, 0) is 4.74 Å². The van der Waals surface area contributed by atoms with Gasteiger partial charge in [0, 0.05) is 11.1 Å². The Balaban J connectivity index is 1.82. The van der Waals surface area contributed by atoms with Crippen molar-refractivity contribution in [2.24, 2.45) is 0 Å². The Bertz CT molecular complexity index is 1080. The van der Waals surface area contributed by atoms with Gasteiger partial charge in [-0.1, -0.05) is 30.3 Å². The lowest BCUT2D eigenvalue weighted by Crippen LogP contribution is -2.04. The van der Waals surface area contributed by atoms with Crippen LogP contribution >= 0.6 is 0 Å². The molecule has 0 saturated heterocycles. The third kappa shape index (κ3) is 4.03. The first-order chi connectivity index (χ1) is 14.7. The van der Waals surface area contributed by atoms with E-state index in [9.17, 15) is 0 Å². The quantitative estimate of drug-likeness (QED) is 0.499. The average molecular weight is 400 g/mol. The molecule has 30 heavy (non-hydrogen) atoms. The number of hydrogen-bond donors (Lipinski definition) is 0. The van der Waals surface area contributed by atoms with Gasteiger partial charge in [0.05, 0.1) is 20.8 Å². The smallest absolute Gasteiger partial charge is 0.161 e. The largest absolute Gasteiger partial charge is 0.494 e. The number of hydrogen-bond acceptors (Lipinski definition) is 4. The zero-order chi connectivity index (χ0) is 20.9. The summed E-state index contributed by atoms with van der Waals surface area (Å²) in [5, 5.41) is 0. The molecular weight excluding hydrogens is 376 g/mol. The molecule has 0 radical (unpaired) electrons. The highest BCUT2D eigenvalue weighted by Gasteiger charge is 2.21. The van der Waals surface area contributed by atoms with Crippen molar-refractivity contribution in [1.82, 2.24) is 0 Å². The predicted molar refractivity (Wildman–Crippen MR) is 120 cm³/mol. The van der Waals surface area contributed by atoms with Crippen LogP contribution in [0.15, 0.2) is 66.7 Å². The summed E-state index contributed by atoms with van der Waals surface area (Å²) in [6.07, 6.45) is 4.06. The molecule has 152 valence electrons. The first kappa shape index (κ1) is 19.6. The molecule has 4 nitrogen and oxygen atoms in total. The van der Waals surface area contributed by atoms with E-state index in [0.29, 0.717) is 18.1 Å². The molecule has 0 fully saturated rings. The Hall–Kier alpha value is -3.66. The molecule has 0 atom stereocenters. The molecular formula is C26H24O4. The minimum Gasteiger partial charge on any atom is -0.494 e. The maximum absolute atomic E-state index is 6.36. The summed E-state index contributed by atoms with van der Waals surface area (Å²) in [6.45, 7) is 2.61. The highest BCUT2D eigenvalue weighted by atomic mass is 16.5. The number of ether oxygens (including phenoxy) is 4. The zero-order valence-electron chi connectivity index (χ0n) is 17.3. The van der Waals surface area contributed by atoms with Crippen LogP contribution in [0.25, 0.3) is 23.7 Å². The molecule has 3 aromatic rings. The van der Waals surface area contributed by atoms with Gasteiger partial charge in [0.15, 0.2) is 11.5 Å². The van der Waals surface area contributed by atoms with Gasteiger partial charge in [-0.2, -0.15) is 0 Å². The molecule has 0 amide bonds. The molecule has 0 saturated carbocycles. The van der Waals surface area contributed by atoms with Crippen molar-refractivity contribution in [3.63, 3.8) is 0 Å². The fourth-order valence-corrected chi connectivity index (χ4v) is 3.40. The molecule has 0 bridgehead atoms. The number of benzene rings is 3. The second-order valence-corrected chi connectivity index (χ2v) is 6.78. The lowest BCUT2D eigenvalue weighted by Gasteiger charge is -2.23. The minimum absolute atomic E-state index is 0.636. The summed E-state index contributed by atoms with van der Waals surface area (Å²) in [7, 11) is 3.27. The van der Waals surface area contributed by atoms with E-state index < -0.39 is 0 Å². The fraction of sp³-hybridized carbons (Fsp3) is 0.154. The monoisotopic (exact) mass is 400 g/mol. The standard InChI is InChI=1S/C26H24O4/c1-4-29-21-12-10-19(11-13-21)23-15-20-16-25(27-2)26(28-3)17-22(20)24(30-23)14-18-8-6-5-7-9-18/h5-17H,4H2,1-3H3/b24-14-. The Kier molecular flexibility index (Phi) is 5.75. The van der Waals surface area contributed by atoms with Crippen LogP contribution < -0.4 is 14.2 Å². The van der Waals surface area contributed by atoms with Gasteiger partial charge in [-0.05, 0) is 66.6 Å². The van der Waals surface area contributed by atoms with Gasteiger partial charge in [-0.15, -0.1) is 0 Å². The van der Waals surface area contributed by atoms with E-state index >= 15 is 0 Å². The molecule has 4 heteroatoms. The summed E-state index contributed by atoms with van der Waals surface area (Å²) < 4.78 is 22.9. The molecule has 0 aliphatic carbocycles. The fourth-order valence-electron chi connectivity index (χ4n) is 3.40. The van der Waals surface area contributed by atoms with E-state index in [1.807, 2.05) is 85.8 Å². The normalized spacial score (nSPS) is 13.8.